The summed E-state index contributed by atoms with van der Waals surface area (Å²) in [7, 11) is 0. The molecule has 21 heavy (non-hydrogen) atoms. The highest BCUT2D eigenvalue weighted by molar-refractivity contribution is 5.68. The fraction of sp³-hybridized carbons (Fsp3) is 0.588. The molecule has 0 aromatic heterocycles. The van der Waals surface area contributed by atoms with Crippen molar-refractivity contribution in [2.24, 2.45) is 5.92 Å². The lowest BCUT2D eigenvalue weighted by atomic mass is 9.95. The van der Waals surface area contributed by atoms with Crippen LogP contribution in [0.3, 0.4) is 0 Å². The molecule has 2 bridgehead atoms. The Labute approximate surface area is 126 Å². The second-order valence-corrected chi connectivity index (χ2v) is 6.13. The second-order valence-electron chi connectivity index (χ2n) is 6.13. The maximum absolute atomic E-state index is 12.1. The number of benzene rings is 1. The first-order valence-electron chi connectivity index (χ1n) is 7.96. The molecule has 0 N–H and O–H groups in total. The van der Waals surface area contributed by atoms with Crippen molar-refractivity contribution in [3.63, 3.8) is 0 Å². The number of fused-ring (bicyclic) bond motifs is 4. The molecule has 1 amide bonds. The topological polar surface area (TPSA) is 32.8 Å². The Bertz CT molecular complexity index is 477. The number of amides is 1. The van der Waals surface area contributed by atoms with Crippen LogP contribution in [0.4, 0.5) is 4.79 Å². The van der Waals surface area contributed by atoms with E-state index in [-0.39, 0.29) is 6.09 Å². The van der Waals surface area contributed by atoms with Crippen LogP contribution in [0.15, 0.2) is 30.3 Å². The van der Waals surface area contributed by atoms with Crippen LogP contribution in [0.2, 0.25) is 0 Å². The Hall–Kier alpha value is -1.55. The van der Waals surface area contributed by atoms with E-state index in [0.29, 0.717) is 18.6 Å². The van der Waals surface area contributed by atoms with Crippen LogP contribution in [0.5, 0.6) is 0 Å². The molecular formula is C17H24N2O2. The Morgan fingerprint density at radius 3 is 2.76 bits per heavy atom. The summed E-state index contributed by atoms with van der Waals surface area (Å²) >= 11 is 0. The van der Waals surface area contributed by atoms with Gasteiger partial charge in [0, 0.05) is 32.2 Å². The van der Waals surface area contributed by atoms with Crippen molar-refractivity contribution in [2.45, 2.75) is 32.4 Å². The largest absolute Gasteiger partial charge is 0.450 e. The maximum atomic E-state index is 12.1. The van der Waals surface area contributed by atoms with Crippen molar-refractivity contribution in [1.29, 1.82) is 0 Å². The van der Waals surface area contributed by atoms with E-state index in [0.717, 1.165) is 32.6 Å². The van der Waals surface area contributed by atoms with E-state index in [1.165, 1.54) is 12.0 Å². The first-order valence-corrected chi connectivity index (χ1v) is 7.96. The molecule has 0 radical (unpaired) electrons. The molecule has 4 nitrogen and oxygen atoms in total. The zero-order valence-corrected chi connectivity index (χ0v) is 12.7. The van der Waals surface area contributed by atoms with E-state index in [9.17, 15) is 4.79 Å². The normalized spacial score (nSPS) is 25.7. The third-order valence-corrected chi connectivity index (χ3v) is 4.54. The van der Waals surface area contributed by atoms with Gasteiger partial charge >= 0.3 is 6.09 Å². The number of nitrogens with zero attached hydrogens (tertiary/aromatic N) is 2. The van der Waals surface area contributed by atoms with Crippen LogP contribution in [0.1, 0.15) is 25.3 Å². The lowest BCUT2D eigenvalue weighted by Crippen LogP contribution is -2.47. The van der Waals surface area contributed by atoms with Crippen LogP contribution in [-0.2, 0) is 11.3 Å². The van der Waals surface area contributed by atoms with Gasteiger partial charge in [-0.25, -0.2) is 4.79 Å². The number of carbonyl (C=O) groups excluding carboxylic acids is 1. The molecule has 0 spiro atoms. The fourth-order valence-corrected chi connectivity index (χ4v) is 3.58. The molecule has 3 heterocycles. The highest BCUT2D eigenvalue weighted by Crippen LogP contribution is 2.29. The zero-order chi connectivity index (χ0) is 14.7. The highest BCUT2D eigenvalue weighted by Gasteiger charge is 2.37. The van der Waals surface area contributed by atoms with E-state index in [1.807, 2.05) is 11.8 Å². The summed E-state index contributed by atoms with van der Waals surface area (Å²) in [6, 6.07) is 10.9. The van der Waals surface area contributed by atoms with Gasteiger partial charge in [-0.05, 0) is 31.2 Å². The van der Waals surface area contributed by atoms with E-state index < -0.39 is 0 Å². The van der Waals surface area contributed by atoms with Gasteiger partial charge in [0.15, 0.2) is 0 Å². The molecule has 114 valence electrons. The van der Waals surface area contributed by atoms with Crippen LogP contribution >= 0.6 is 0 Å². The minimum Gasteiger partial charge on any atom is -0.450 e. The minimum absolute atomic E-state index is 0.131. The number of rotatable bonds is 3. The molecule has 3 saturated heterocycles. The summed E-state index contributed by atoms with van der Waals surface area (Å²) in [5.41, 5.74) is 1.35. The van der Waals surface area contributed by atoms with E-state index >= 15 is 0 Å². The standard InChI is InChI=1S/C17H24N2O2/c1-2-21-17(20)19-12-15-8-9-16(19)13-18(11-15)10-14-6-4-3-5-7-14/h3-7,15-16H,2,8-13H2,1H3/t15-,16+/m1/s1. The Kier molecular flexibility index (Phi) is 4.44. The SMILES string of the molecule is CCOC(=O)N1C[C@@H]2CC[C@H]1CN(Cc1ccccc1)C2. The summed E-state index contributed by atoms with van der Waals surface area (Å²) in [6.45, 7) is 6.21. The molecule has 0 aliphatic carbocycles. The molecule has 1 aromatic rings. The first-order chi connectivity index (χ1) is 10.3. The van der Waals surface area contributed by atoms with Gasteiger partial charge in [-0.3, -0.25) is 4.90 Å². The van der Waals surface area contributed by atoms with Crippen LogP contribution in [0, 0.1) is 5.92 Å². The predicted molar refractivity (Wildman–Crippen MR) is 82.0 cm³/mol. The van der Waals surface area contributed by atoms with Gasteiger partial charge in [-0.15, -0.1) is 0 Å². The second kappa shape index (κ2) is 6.48. The van der Waals surface area contributed by atoms with Gasteiger partial charge in [-0.2, -0.15) is 0 Å². The van der Waals surface area contributed by atoms with Crippen LogP contribution < -0.4 is 0 Å². The molecular weight excluding hydrogens is 264 g/mol. The van der Waals surface area contributed by atoms with E-state index in [1.54, 1.807) is 0 Å². The number of ether oxygens (including phenoxy) is 1. The average Bonchev–Trinajstić information content (AvgIpc) is 2.79. The van der Waals surface area contributed by atoms with Crippen molar-refractivity contribution in [3.8, 4) is 0 Å². The van der Waals surface area contributed by atoms with Gasteiger partial charge in [0.05, 0.1) is 6.61 Å². The summed E-state index contributed by atoms with van der Waals surface area (Å²) in [4.78, 5) is 16.5. The Morgan fingerprint density at radius 2 is 2.00 bits per heavy atom. The van der Waals surface area contributed by atoms with Crippen molar-refractivity contribution >= 4 is 6.09 Å². The molecule has 4 rings (SSSR count). The van der Waals surface area contributed by atoms with E-state index in [4.69, 9.17) is 4.74 Å². The Morgan fingerprint density at radius 1 is 1.19 bits per heavy atom. The quantitative estimate of drug-likeness (QED) is 0.857. The highest BCUT2D eigenvalue weighted by atomic mass is 16.6. The third-order valence-electron chi connectivity index (χ3n) is 4.54. The van der Waals surface area contributed by atoms with Crippen LogP contribution in [-0.4, -0.2) is 48.2 Å². The summed E-state index contributed by atoms with van der Waals surface area (Å²) < 4.78 is 5.21. The van der Waals surface area contributed by atoms with Gasteiger partial charge in [0.25, 0.3) is 0 Å². The number of hydrogen-bond donors (Lipinski definition) is 0. The van der Waals surface area contributed by atoms with Gasteiger partial charge < -0.3 is 9.64 Å². The maximum Gasteiger partial charge on any atom is 0.410 e. The minimum atomic E-state index is -0.131. The summed E-state index contributed by atoms with van der Waals surface area (Å²) in [5.74, 6) is 0.580. The molecule has 0 saturated carbocycles. The average molecular weight is 288 g/mol. The molecule has 3 aliphatic rings. The van der Waals surface area contributed by atoms with Crippen molar-refractivity contribution in [2.75, 3.05) is 26.2 Å². The predicted octanol–water partition coefficient (Wildman–Crippen LogP) is 2.74. The molecule has 4 heteroatoms. The van der Waals surface area contributed by atoms with Crippen molar-refractivity contribution < 1.29 is 9.53 Å². The molecule has 2 atom stereocenters. The van der Waals surface area contributed by atoms with E-state index in [2.05, 4.69) is 35.2 Å². The van der Waals surface area contributed by atoms with Gasteiger partial charge in [0.1, 0.15) is 0 Å². The zero-order valence-electron chi connectivity index (χ0n) is 12.7. The summed E-state index contributed by atoms with van der Waals surface area (Å²) in [6.07, 6.45) is 2.20. The molecule has 0 unspecified atom stereocenters. The first kappa shape index (κ1) is 14.4. The Balaban J connectivity index is 1.67. The molecule has 3 aliphatic heterocycles. The lowest BCUT2D eigenvalue weighted by molar-refractivity contribution is 0.0713. The van der Waals surface area contributed by atoms with Crippen molar-refractivity contribution in [1.82, 2.24) is 9.80 Å². The summed E-state index contributed by atoms with van der Waals surface area (Å²) in [5, 5.41) is 0. The van der Waals surface area contributed by atoms with Crippen LogP contribution in [0.25, 0.3) is 0 Å². The van der Waals surface area contributed by atoms with Crippen molar-refractivity contribution in [3.05, 3.63) is 35.9 Å². The molecule has 3 fully saturated rings. The number of piperidine rings is 1. The lowest BCUT2D eigenvalue weighted by Gasteiger charge is -2.35. The third kappa shape index (κ3) is 3.38. The smallest absolute Gasteiger partial charge is 0.410 e. The molecule has 1 aromatic carbocycles. The number of hydrogen-bond acceptors (Lipinski definition) is 3. The number of carbonyl (C=O) groups is 1. The van der Waals surface area contributed by atoms with Gasteiger partial charge in [0.2, 0.25) is 0 Å². The van der Waals surface area contributed by atoms with Gasteiger partial charge in [-0.1, -0.05) is 30.3 Å². The fourth-order valence-electron chi connectivity index (χ4n) is 3.58. The monoisotopic (exact) mass is 288 g/mol.